The second-order valence-electron chi connectivity index (χ2n) is 5.76. The normalized spacial score (nSPS) is 29.9. The van der Waals surface area contributed by atoms with Crippen molar-refractivity contribution in [3.63, 3.8) is 0 Å². The zero-order chi connectivity index (χ0) is 13.2. The molecule has 0 saturated heterocycles. The van der Waals surface area contributed by atoms with E-state index in [1.165, 1.54) is 24.8 Å². The van der Waals surface area contributed by atoms with Crippen LogP contribution < -0.4 is 10.1 Å². The minimum atomic E-state index is 0.466. The van der Waals surface area contributed by atoms with Gasteiger partial charge in [0.25, 0.3) is 0 Å². The first-order chi connectivity index (χ1) is 9.35. The third-order valence-electron chi connectivity index (χ3n) is 4.69. The van der Waals surface area contributed by atoms with E-state index < -0.39 is 0 Å². The van der Waals surface area contributed by atoms with Gasteiger partial charge in [-0.1, -0.05) is 13.3 Å². The average molecular weight is 260 g/mol. The van der Waals surface area contributed by atoms with Crippen LogP contribution in [0.25, 0.3) is 0 Å². The van der Waals surface area contributed by atoms with Crippen LogP contribution in [0.4, 0.5) is 0 Å². The Labute approximate surface area is 115 Å². The summed E-state index contributed by atoms with van der Waals surface area (Å²) in [5, 5.41) is 3.66. The predicted octanol–water partition coefficient (Wildman–Crippen LogP) is 3.18. The minimum Gasteiger partial charge on any atom is -0.492 e. The smallest absolute Gasteiger partial charge is 0.137 e. The molecule has 0 amide bonds. The molecule has 3 nitrogen and oxygen atoms in total. The summed E-state index contributed by atoms with van der Waals surface area (Å²) in [5.41, 5.74) is 1.30. The summed E-state index contributed by atoms with van der Waals surface area (Å²) in [5.74, 6) is 3.64. The van der Waals surface area contributed by atoms with Crippen LogP contribution in [-0.4, -0.2) is 18.1 Å². The Morgan fingerprint density at radius 2 is 2.11 bits per heavy atom. The molecule has 0 spiro atoms. The minimum absolute atomic E-state index is 0.466. The van der Waals surface area contributed by atoms with Gasteiger partial charge in [0.1, 0.15) is 5.75 Å². The first-order valence-electron chi connectivity index (χ1n) is 7.66. The molecule has 3 unspecified atom stereocenters. The molecule has 19 heavy (non-hydrogen) atoms. The maximum Gasteiger partial charge on any atom is 0.137 e. The monoisotopic (exact) mass is 260 g/mol. The zero-order valence-corrected chi connectivity index (χ0v) is 11.9. The van der Waals surface area contributed by atoms with E-state index in [0.717, 1.165) is 30.0 Å². The summed E-state index contributed by atoms with van der Waals surface area (Å²) >= 11 is 0. The molecule has 0 aromatic carbocycles. The fourth-order valence-electron chi connectivity index (χ4n) is 3.92. The predicted molar refractivity (Wildman–Crippen MR) is 76.1 cm³/mol. The highest BCUT2D eigenvalue weighted by molar-refractivity contribution is 5.28. The van der Waals surface area contributed by atoms with Crippen molar-refractivity contribution in [2.24, 2.45) is 17.8 Å². The van der Waals surface area contributed by atoms with Crippen molar-refractivity contribution >= 4 is 0 Å². The van der Waals surface area contributed by atoms with Gasteiger partial charge in [-0.15, -0.1) is 0 Å². The summed E-state index contributed by atoms with van der Waals surface area (Å²) in [4.78, 5) is 4.35. The summed E-state index contributed by atoms with van der Waals surface area (Å²) in [6.07, 6.45) is 8.10. The second kappa shape index (κ2) is 5.49. The van der Waals surface area contributed by atoms with Gasteiger partial charge < -0.3 is 10.1 Å². The topological polar surface area (TPSA) is 34.2 Å². The third kappa shape index (κ3) is 2.48. The average Bonchev–Trinajstić information content (AvgIpc) is 2.88. The van der Waals surface area contributed by atoms with Gasteiger partial charge in [0, 0.05) is 12.2 Å². The lowest BCUT2D eigenvalue weighted by Gasteiger charge is -2.20. The van der Waals surface area contributed by atoms with Crippen LogP contribution in [0.3, 0.4) is 0 Å². The molecule has 0 radical (unpaired) electrons. The lowest BCUT2D eigenvalue weighted by Crippen LogP contribution is -2.24. The van der Waals surface area contributed by atoms with Crippen molar-refractivity contribution < 1.29 is 4.74 Å². The molecule has 1 aromatic rings. The summed E-state index contributed by atoms with van der Waals surface area (Å²) < 4.78 is 5.58. The Bertz CT molecular complexity index is 425. The van der Waals surface area contributed by atoms with E-state index in [-0.39, 0.29) is 0 Å². The van der Waals surface area contributed by atoms with Crippen molar-refractivity contribution in [2.45, 2.75) is 39.2 Å². The van der Waals surface area contributed by atoms with E-state index >= 15 is 0 Å². The van der Waals surface area contributed by atoms with Crippen LogP contribution in [0.2, 0.25) is 0 Å². The molecule has 2 fully saturated rings. The Balaban J connectivity index is 1.78. The fraction of sp³-hybridized carbons (Fsp3) is 0.688. The molecule has 0 bridgehead atoms. The van der Waals surface area contributed by atoms with Gasteiger partial charge in [-0.2, -0.15) is 0 Å². The molecule has 2 aliphatic carbocycles. The van der Waals surface area contributed by atoms with Crippen LogP contribution in [-0.2, 0) is 0 Å². The van der Waals surface area contributed by atoms with E-state index in [2.05, 4.69) is 23.3 Å². The number of ether oxygens (including phenoxy) is 1. The van der Waals surface area contributed by atoms with Gasteiger partial charge >= 0.3 is 0 Å². The van der Waals surface area contributed by atoms with Crippen LogP contribution >= 0.6 is 0 Å². The number of nitrogens with one attached hydrogen (secondary N) is 1. The third-order valence-corrected chi connectivity index (χ3v) is 4.69. The zero-order valence-electron chi connectivity index (χ0n) is 11.9. The molecule has 1 heterocycles. The first-order valence-corrected chi connectivity index (χ1v) is 7.66. The van der Waals surface area contributed by atoms with Gasteiger partial charge in [-0.25, -0.2) is 0 Å². The Morgan fingerprint density at radius 1 is 1.32 bits per heavy atom. The summed E-state index contributed by atoms with van der Waals surface area (Å²) in [6.45, 7) is 5.91. The van der Waals surface area contributed by atoms with Crippen LogP contribution in [0.5, 0.6) is 5.75 Å². The van der Waals surface area contributed by atoms with E-state index in [1.807, 2.05) is 19.3 Å². The van der Waals surface area contributed by atoms with Crippen LogP contribution in [0.1, 0.15) is 44.7 Å². The number of hydrogen-bond donors (Lipinski definition) is 1. The van der Waals surface area contributed by atoms with Crippen molar-refractivity contribution in [1.29, 1.82) is 0 Å². The molecule has 2 aliphatic rings. The van der Waals surface area contributed by atoms with Crippen molar-refractivity contribution in [2.75, 3.05) is 13.2 Å². The highest BCUT2D eigenvalue weighted by atomic mass is 16.5. The van der Waals surface area contributed by atoms with Crippen molar-refractivity contribution in [1.82, 2.24) is 10.3 Å². The molecule has 104 valence electrons. The number of pyridine rings is 1. The number of hydrogen-bond acceptors (Lipinski definition) is 3. The molecule has 0 aliphatic heterocycles. The lowest BCUT2D eigenvalue weighted by atomic mass is 9.98. The van der Waals surface area contributed by atoms with Gasteiger partial charge in [-0.05, 0) is 55.7 Å². The van der Waals surface area contributed by atoms with E-state index in [9.17, 15) is 0 Å². The lowest BCUT2D eigenvalue weighted by molar-refractivity contribution is 0.337. The largest absolute Gasteiger partial charge is 0.492 e. The number of nitrogens with zero attached hydrogens (tertiary/aromatic N) is 1. The molecule has 2 saturated carbocycles. The van der Waals surface area contributed by atoms with E-state index in [4.69, 9.17) is 4.74 Å². The molecule has 3 rings (SSSR count). The Hall–Kier alpha value is -1.09. The van der Waals surface area contributed by atoms with Gasteiger partial charge in [0.15, 0.2) is 0 Å². The maximum absolute atomic E-state index is 5.58. The van der Waals surface area contributed by atoms with Crippen molar-refractivity contribution in [3.05, 3.63) is 24.0 Å². The highest BCUT2D eigenvalue weighted by Gasteiger charge is 2.55. The van der Waals surface area contributed by atoms with Crippen LogP contribution in [0, 0.1) is 17.8 Å². The summed E-state index contributed by atoms with van der Waals surface area (Å²) in [6, 6.07) is 2.63. The number of aromatic nitrogens is 1. The maximum atomic E-state index is 5.58. The van der Waals surface area contributed by atoms with E-state index in [0.29, 0.717) is 12.6 Å². The standard InChI is InChI=1S/C16H24N2O/c1-3-18-16(15-13-6-5-7-14(13)15)11-8-12(19-4-2)10-17-9-11/h8-10,13-16,18H,3-7H2,1-2H3. The quantitative estimate of drug-likeness (QED) is 0.853. The fourth-order valence-corrected chi connectivity index (χ4v) is 3.92. The van der Waals surface area contributed by atoms with Crippen molar-refractivity contribution in [3.8, 4) is 5.75 Å². The van der Waals surface area contributed by atoms with Gasteiger partial charge in [-0.3, -0.25) is 4.98 Å². The second-order valence-corrected chi connectivity index (χ2v) is 5.76. The Morgan fingerprint density at radius 3 is 2.79 bits per heavy atom. The molecular formula is C16H24N2O. The van der Waals surface area contributed by atoms with Gasteiger partial charge in [0.2, 0.25) is 0 Å². The first kappa shape index (κ1) is 12.9. The molecule has 1 aromatic heterocycles. The summed E-state index contributed by atoms with van der Waals surface area (Å²) in [7, 11) is 0. The highest BCUT2D eigenvalue weighted by Crippen LogP contribution is 2.62. The number of rotatable bonds is 6. The van der Waals surface area contributed by atoms with Crippen LogP contribution in [0.15, 0.2) is 18.5 Å². The Kier molecular flexibility index (Phi) is 3.74. The van der Waals surface area contributed by atoms with Gasteiger partial charge in [0.05, 0.1) is 12.8 Å². The van der Waals surface area contributed by atoms with E-state index in [1.54, 1.807) is 0 Å². The molecule has 3 heteroatoms. The molecule has 3 atom stereocenters. The SMILES string of the molecule is CCNC(c1cncc(OCC)c1)C1C2CCCC21. The molecule has 1 N–H and O–H groups in total. The molecular weight excluding hydrogens is 236 g/mol. The number of fused-ring (bicyclic) bond motifs is 1.